The van der Waals surface area contributed by atoms with Gasteiger partial charge in [-0.2, -0.15) is 0 Å². The second-order valence-electron chi connectivity index (χ2n) is 25.2. The number of hydrogen-bond donors (Lipinski definition) is 1. The van der Waals surface area contributed by atoms with Gasteiger partial charge in [0.2, 0.25) is 0 Å². The molecule has 0 bridgehead atoms. The second kappa shape index (κ2) is 67.9. The van der Waals surface area contributed by atoms with Crippen molar-refractivity contribution in [3.05, 3.63) is 109 Å². The van der Waals surface area contributed by atoms with Gasteiger partial charge in [-0.15, -0.1) is 0 Å². The molecule has 2 unspecified atom stereocenters. The summed E-state index contributed by atoms with van der Waals surface area (Å²) in [5.41, 5.74) is 0. The van der Waals surface area contributed by atoms with Crippen LogP contribution < -0.4 is 0 Å². The Balaban J connectivity index is 4.02. The normalized spacial score (nSPS) is 13.3. The van der Waals surface area contributed by atoms with Crippen LogP contribution in [0.3, 0.4) is 0 Å². The van der Waals surface area contributed by atoms with E-state index in [-0.39, 0.29) is 38.6 Å². The van der Waals surface area contributed by atoms with Crippen LogP contribution in [0, 0.1) is 0 Å². The van der Waals surface area contributed by atoms with Crippen molar-refractivity contribution in [3.8, 4) is 0 Å². The summed E-state index contributed by atoms with van der Waals surface area (Å²) in [5, 5.41) is 9.74. The van der Waals surface area contributed by atoms with Crippen molar-refractivity contribution in [3.63, 3.8) is 0 Å². The van der Waals surface area contributed by atoms with E-state index < -0.39 is 24.3 Å². The summed E-state index contributed by atoms with van der Waals surface area (Å²) in [7, 11) is 5.97. The van der Waals surface area contributed by atoms with E-state index in [0.29, 0.717) is 11.0 Å². The van der Waals surface area contributed by atoms with E-state index in [9.17, 15) is 19.5 Å². The maximum atomic E-state index is 12.9. The summed E-state index contributed by atoms with van der Waals surface area (Å²) in [4.78, 5) is 37.6. The smallest absolute Gasteiger partial charge is 0.361 e. The number of carbonyl (C=O) groups is 3. The van der Waals surface area contributed by atoms with E-state index >= 15 is 0 Å². The van der Waals surface area contributed by atoms with Crippen molar-refractivity contribution >= 4 is 17.9 Å². The maximum Gasteiger partial charge on any atom is 0.361 e. The van der Waals surface area contributed by atoms with Crippen LogP contribution >= 0.6 is 0 Å². The molecule has 0 spiro atoms. The SMILES string of the molecule is CC/C=C\C/C=C\C/C=C\C/C=C\C/C=C\C/C=C\CCCCCCCCCCCCCCCCCCCCCCCCC(=O)OC(COC(=O)CCCCCCCC/C=C\C/C=C\C/C=C\CCCCCCC)COC(OCC[N+](C)(C)C)C(=O)O. The van der Waals surface area contributed by atoms with Crippen molar-refractivity contribution in [2.45, 2.75) is 322 Å². The number of carboxylic acid groups (broad SMARTS) is 1. The standard InChI is InChI=1S/C78H135NO8/c1-6-8-10-12-14-16-18-20-22-24-26-28-29-30-31-32-33-34-35-36-37-38-39-40-41-42-43-44-45-46-47-49-51-53-55-57-59-61-63-65-67-69-76(81)87-74(73-86-78(77(82)83)84-71-70-79(3,4)5)72-85-75(80)68-66-64-62-60-58-56-54-52-50-48-27-25-23-21-19-17-15-13-11-9-7-2/h8,10,14,16,19-22,25-28,30-31,33-34,50,52,74,78H,6-7,9,11-13,15,17-18,23-24,29,32,35-49,51,53-73H2,1-5H3/p+1/b10-8-,16-14-,21-19-,22-20-,27-25-,28-26-,31-30-,34-33-,52-50-. The number of aliphatic carboxylic acids is 1. The minimum absolute atomic E-state index is 0.183. The second-order valence-corrected chi connectivity index (χ2v) is 25.2. The molecule has 0 saturated heterocycles. The molecule has 0 radical (unpaired) electrons. The monoisotopic (exact) mass is 1220 g/mol. The Morgan fingerprint density at radius 2 is 0.655 bits per heavy atom. The lowest BCUT2D eigenvalue weighted by Gasteiger charge is -2.25. The van der Waals surface area contributed by atoms with Crippen LogP contribution in [0.5, 0.6) is 0 Å². The molecule has 0 saturated carbocycles. The molecule has 0 aliphatic heterocycles. The van der Waals surface area contributed by atoms with Crippen LogP contribution in [-0.4, -0.2) is 87.4 Å². The summed E-state index contributed by atoms with van der Waals surface area (Å²) >= 11 is 0. The lowest BCUT2D eigenvalue weighted by atomic mass is 10.0. The van der Waals surface area contributed by atoms with Gasteiger partial charge >= 0.3 is 17.9 Å². The number of unbranched alkanes of at least 4 members (excludes halogenated alkanes) is 33. The van der Waals surface area contributed by atoms with Crippen LogP contribution in [0.15, 0.2) is 109 Å². The molecule has 0 aromatic carbocycles. The molecule has 2 atom stereocenters. The molecule has 500 valence electrons. The van der Waals surface area contributed by atoms with Crippen molar-refractivity contribution in [2.75, 3.05) is 47.5 Å². The van der Waals surface area contributed by atoms with Crippen molar-refractivity contribution in [1.29, 1.82) is 0 Å². The average molecular weight is 1220 g/mol. The quantitative estimate of drug-likeness (QED) is 0.0211. The summed E-state index contributed by atoms with van der Waals surface area (Å²) in [5.74, 6) is -2.01. The summed E-state index contributed by atoms with van der Waals surface area (Å²) in [6.45, 7) is 4.76. The van der Waals surface area contributed by atoms with Crippen LogP contribution in [0.1, 0.15) is 309 Å². The van der Waals surface area contributed by atoms with Gasteiger partial charge in [-0.05, 0) is 103 Å². The summed E-state index contributed by atoms with van der Waals surface area (Å²) in [6.07, 6.45) is 92.1. The van der Waals surface area contributed by atoms with E-state index in [4.69, 9.17) is 18.9 Å². The van der Waals surface area contributed by atoms with E-state index in [2.05, 4.69) is 123 Å². The van der Waals surface area contributed by atoms with Gasteiger partial charge in [-0.3, -0.25) is 9.59 Å². The highest BCUT2D eigenvalue weighted by atomic mass is 16.7. The molecule has 0 fully saturated rings. The number of nitrogens with zero attached hydrogens (tertiary/aromatic N) is 1. The number of allylic oxidation sites excluding steroid dienone is 18. The molecule has 0 amide bonds. The van der Waals surface area contributed by atoms with Crippen LogP contribution in [0.4, 0.5) is 0 Å². The third-order valence-electron chi connectivity index (χ3n) is 15.5. The average Bonchev–Trinajstić information content (AvgIpc) is 3.59. The van der Waals surface area contributed by atoms with E-state index in [1.165, 1.54) is 180 Å². The van der Waals surface area contributed by atoms with Crippen LogP contribution in [-0.2, 0) is 33.3 Å². The fraction of sp³-hybridized carbons (Fsp3) is 0.731. The molecular weight excluding hydrogens is 1080 g/mol. The predicted molar refractivity (Wildman–Crippen MR) is 373 cm³/mol. The topological polar surface area (TPSA) is 108 Å². The number of rotatable bonds is 66. The Morgan fingerprint density at radius 3 is 0.977 bits per heavy atom. The van der Waals surface area contributed by atoms with E-state index in [1.54, 1.807) is 0 Å². The molecule has 0 heterocycles. The Morgan fingerprint density at radius 1 is 0.356 bits per heavy atom. The van der Waals surface area contributed by atoms with Gasteiger partial charge < -0.3 is 28.5 Å². The molecular formula is C78H136NO8+. The van der Waals surface area contributed by atoms with Gasteiger partial charge in [0.1, 0.15) is 13.2 Å². The van der Waals surface area contributed by atoms with Gasteiger partial charge in [0, 0.05) is 12.8 Å². The van der Waals surface area contributed by atoms with E-state index in [1.807, 2.05) is 21.1 Å². The molecule has 0 aliphatic rings. The first-order valence-electron chi connectivity index (χ1n) is 36.1. The van der Waals surface area contributed by atoms with E-state index in [0.717, 1.165) is 103 Å². The molecule has 0 aromatic rings. The highest BCUT2D eigenvalue weighted by Gasteiger charge is 2.25. The number of ether oxygens (including phenoxy) is 4. The van der Waals surface area contributed by atoms with Gasteiger partial charge in [0.05, 0.1) is 34.4 Å². The zero-order valence-electron chi connectivity index (χ0n) is 57.2. The number of quaternary nitrogens is 1. The molecule has 9 nitrogen and oxygen atoms in total. The summed E-state index contributed by atoms with van der Waals surface area (Å²) in [6, 6.07) is 0. The van der Waals surface area contributed by atoms with Crippen LogP contribution in [0.25, 0.3) is 0 Å². The Kier molecular flexibility index (Phi) is 64.7. The van der Waals surface area contributed by atoms with Gasteiger partial charge in [0.25, 0.3) is 6.29 Å². The van der Waals surface area contributed by atoms with Crippen molar-refractivity contribution in [2.24, 2.45) is 0 Å². The lowest BCUT2D eigenvalue weighted by Crippen LogP contribution is -2.40. The molecule has 9 heteroatoms. The number of carbonyl (C=O) groups excluding carboxylic acids is 2. The minimum atomic E-state index is -1.52. The third kappa shape index (κ3) is 69.3. The van der Waals surface area contributed by atoms with Gasteiger partial charge in [-0.25, -0.2) is 4.79 Å². The first-order chi connectivity index (χ1) is 42.6. The molecule has 0 rings (SSSR count). The predicted octanol–water partition coefficient (Wildman–Crippen LogP) is 22.6. The fourth-order valence-corrected chi connectivity index (χ4v) is 10.0. The first-order valence-corrected chi connectivity index (χ1v) is 36.1. The number of esters is 2. The van der Waals surface area contributed by atoms with Crippen LogP contribution in [0.2, 0.25) is 0 Å². The molecule has 0 aromatic heterocycles. The molecule has 1 N–H and O–H groups in total. The molecule has 87 heavy (non-hydrogen) atoms. The largest absolute Gasteiger partial charge is 0.477 e. The highest BCUT2D eigenvalue weighted by Crippen LogP contribution is 2.18. The third-order valence-corrected chi connectivity index (χ3v) is 15.5. The minimum Gasteiger partial charge on any atom is -0.477 e. The lowest BCUT2D eigenvalue weighted by molar-refractivity contribution is -0.870. The molecule has 0 aliphatic carbocycles. The Hall–Kier alpha value is -4.05. The number of carboxylic acids is 1. The Labute approximate surface area is 536 Å². The Bertz CT molecular complexity index is 1800. The van der Waals surface area contributed by atoms with Gasteiger partial charge in [0.15, 0.2) is 6.10 Å². The highest BCUT2D eigenvalue weighted by molar-refractivity contribution is 5.71. The summed E-state index contributed by atoms with van der Waals surface area (Å²) < 4.78 is 23.0. The maximum absolute atomic E-state index is 12.9. The van der Waals surface area contributed by atoms with Gasteiger partial charge in [-0.1, -0.05) is 303 Å². The number of hydrogen-bond acceptors (Lipinski definition) is 7. The van der Waals surface area contributed by atoms with Crippen molar-refractivity contribution < 1.29 is 42.9 Å². The first kappa shape index (κ1) is 83.0. The fourth-order valence-electron chi connectivity index (χ4n) is 10.0. The number of likely N-dealkylation sites (N-methyl/N-ethyl adjacent to an activating group) is 1. The zero-order valence-corrected chi connectivity index (χ0v) is 57.2. The zero-order chi connectivity index (χ0) is 63.3. The van der Waals surface area contributed by atoms with Crippen molar-refractivity contribution in [1.82, 2.24) is 0 Å².